The third-order valence-corrected chi connectivity index (χ3v) is 3.63. The molecule has 0 fully saturated rings. The van der Waals surface area contributed by atoms with Gasteiger partial charge in [0, 0.05) is 22.3 Å². The highest BCUT2D eigenvalue weighted by molar-refractivity contribution is 8.13. The molecule has 100 valence electrons. The number of hydrogen-bond donors (Lipinski definition) is 0. The van der Waals surface area contributed by atoms with E-state index in [9.17, 15) is 18.5 Å². The zero-order chi connectivity index (χ0) is 13.9. The molecule has 0 amide bonds. The minimum absolute atomic E-state index is 0.0370. The van der Waals surface area contributed by atoms with Crippen LogP contribution in [-0.4, -0.2) is 19.9 Å². The zero-order valence-electron chi connectivity index (χ0n) is 9.84. The maximum atomic E-state index is 11.4. The molecule has 6 nitrogen and oxygen atoms in total. The molecule has 0 aliphatic heterocycles. The third kappa shape index (κ3) is 3.11. The first kappa shape index (κ1) is 14.7. The van der Waals surface area contributed by atoms with Crippen molar-refractivity contribution >= 4 is 25.4 Å². The number of hydrogen-bond acceptors (Lipinski definition) is 5. The second kappa shape index (κ2) is 5.53. The topological polar surface area (TPSA) is 86.5 Å². The molecule has 18 heavy (non-hydrogen) atoms. The average molecular weight is 294 g/mol. The highest BCUT2D eigenvalue weighted by Gasteiger charge is 2.24. The van der Waals surface area contributed by atoms with Crippen molar-refractivity contribution in [3.63, 3.8) is 0 Å². The van der Waals surface area contributed by atoms with Gasteiger partial charge in [0.1, 0.15) is 10.6 Å². The van der Waals surface area contributed by atoms with Crippen LogP contribution in [0.4, 0.5) is 5.69 Å². The first-order valence-electron chi connectivity index (χ1n) is 5.20. The van der Waals surface area contributed by atoms with Gasteiger partial charge in [0.2, 0.25) is 0 Å². The molecule has 1 aromatic carbocycles. The largest absolute Gasteiger partial charge is 0.492 e. The molecule has 0 saturated heterocycles. The van der Waals surface area contributed by atoms with Gasteiger partial charge in [0.05, 0.1) is 11.5 Å². The fraction of sp³-hybridized carbons (Fsp3) is 0.400. The van der Waals surface area contributed by atoms with Crippen LogP contribution in [0, 0.1) is 10.1 Å². The minimum Gasteiger partial charge on any atom is -0.492 e. The lowest BCUT2D eigenvalue weighted by atomic mass is 10.1. The normalized spacial score (nSPS) is 11.3. The molecule has 0 N–H and O–H groups in total. The molecule has 8 heteroatoms. The van der Waals surface area contributed by atoms with E-state index in [0.717, 1.165) is 6.07 Å². The molecule has 0 radical (unpaired) electrons. The lowest BCUT2D eigenvalue weighted by Gasteiger charge is -2.10. The lowest BCUT2D eigenvalue weighted by molar-refractivity contribution is -0.385. The van der Waals surface area contributed by atoms with Crippen molar-refractivity contribution in [2.75, 3.05) is 6.61 Å². The maximum absolute atomic E-state index is 11.4. The van der Waals surface area contributed by atoms with E-state index < -0.39 is 14.0 Å². The second-order valence-electron chi connectivity index (χ2n) is 3.41. The standard InChI is InChI=1S/C10H12ClNO5S/c1-3-7-5-9(17-4-2)10(18(11,15)16)6-8(7)12(13)14/h5-6H,3-4H2,1-2H3. The number of benzene rings is 1. The summed E-state index contributed by atoms with van der Waals surface area (Å²) in [6.45, 7) is 3.64. The minimum atomic E-state index is -4.09. The van der Waals surface area contributed by atoms with Crippen molar-refractivity contribution in [1.82, 2.24) is 0 Å². The van der Waals surface area contributed by atoms with Gasteiger partial charge in [-0.05, 0) is 19.4 Å². The van der Waals surface area contributed by atoms with Crippen LogP contribution in [0.25, 0.3) is 0 Å². The van der Waals surface area contributed by atoms with Crippen LogP contribution >= 0.6 is 10.7 Å². The summed E-state index contributed by atoms with van der Waals surface area (Å²) in [6.07, 6.45) is 0.388. The van der Waals surface area contributed by atoms with Crippen molar-refractivity contribution in [2.45, 2.75) is 25.2 Å². The Bertz CT molecular complexity index is 570. The van der Waals surface area contributed by atoms with Gasteiger partial charge in [-0.1, -0.05) is 6.92 Å². The Kier molecular flexibility index (Phi) is 4.53. The molecule has 0 aliphatic carbocycles. The van der Waals surface area contributed by atoms with Crippen LogP contribution in [0.1, 0.15) is 19.4 Å². The van der Waals surface area contributed by atoms with Gasteiger partial charge < -0.3 is 4.74 Å². The highest BCUT2D eigenvalue weighted by atomic mass is 35.7. The van der Waals surface area contributed by atoms with Crippen LogP contribution < -0.4 is 4.74 Å². The number of nitro groups is 1. The predicted molar refractivity (Wildman–Crippen MR) is 66.7 cm³/mol. The Hall–Kier alpha value is -1.34. The first-order chi connectivity index (χ1) is 8.31. The summed E-state index contributed by atoms with van der Waals surface area (Å²) in [5.74, 6) is 0.0370. The molecule has 0 heterocycles. The van der Waals surface area contributed by atoms with Crippen molar-refractivity contribution in [2.24, 2.45) is 0 Å². The summed E-state index contributed by atoms with van der Waals surface area (Å²) in [5.41, 5.74) is 0.118. The SMILES string of the molecule is CCOc1cc(CC)c([N+](=O)[O-])cc1S(=O)(=O)Cl. The van der Waals surface area contributed by atoms with Crippen LogP contribution in [0.2, 0.25) is 0 Å². The molecule has 0 unspecified atom stereocenters. The highest BCUT2D eigenvalue weighted by Crippen LogP contribution is 2.34. The Morgan fingerprint density at radius 2 is 2.00 bits per heavy atom. The van der Waals surface area contributed by atoms with Gasteiger partial charge in [-0.3, -0.25) is 10.1 Å². The Labute approximate surface area is 109 Å². The van der Waals surface area contributed by atoms with E-state index in [2.05, 4.69) is 0 Å². The van der Waals surface area contributed by atoms with Crippen LogP contribution in [-0.2, 0) is 15.5 Å². The summed E-state index contributed by atoms with van der Waals surface area (Å²) in [6, 6.07) is 2.28. The molecule has 0 bridgehead atoms. The molecular formula is C10H12ClNO5S. The average Bonchev–Trinajstić information content (AvgIpc) is 2.26. The fourth-order valence-electron chi connectivity index (χ4n) is 1.50. The Balaban J connectivity index is 3.57. The molecule has 0 saturated carbocycles. The Morgan fingerprint density at radius 3 is 2.39 bits per heavy atom. The van der Waals surface area contributed by atoms with Crippen molar-refractivity contribution < 1.29 is 18.1 Å². The van der Waals surface area contributed by atoms with Gasteiger partial charge >= 0.3 is 0 Å². The molecule has 1 aromatic rings. The molecule has 1 rings (SSSR count). The summed E-state index contributed by atoms with van der Waals surface area (Å²) >= 11 is 0. The van der Waals surface area contributed by atoms with Crippen LogP contribution in [0.15, 0.2) is 17.0 Å². The number of ether oxygens (including phenoxy) is 1. The molecule has 0 aromatic heterocycles. The van der Waals surface area contributed by atoms with Crippen molar-refractivity contribution in [3.8, 4) is 5.75 Å². The summed E-state index contributed by atoms with van der Waals surface area (Å²) in [5, 5.41) is 10.9. The van der Waals surface area contributed by atoms with Gasteiger partial charge in [0.25, 0.3) is 14.7 Å². The van der Waals surface area contributed by atoms with Crippen LogP contribution in [0.5, 0.6) is 5.75 Å². The van der Waals surface area contributed by atoms with E-state index in [1.165, 1.54) is 6.07 Å². The van der Waals surface area contributed by atoms with Gasteiger partial charge in [-0.25, -0.2) is 8.42 Å². The lowest BCUT2D eigenvalue weighted by Crippen LogP contribution is -2.03. The number of aryl methyl sites for hydroxylation is 1. The number of nitro benzene ring substituents is 1. The van der Waals surface area contributed by atoms with E-state index in [1.54, 1.807) is 13.8 Å². The fourth-order valence-corrected chi connectivity index (χ4v) is 2.48. The summed E-state index contributed by atoms with van der Waals surface area (Å²) in [7, 11) is 1.15. The zero-order valence-corrected chi connectivity index (χ0v) is 11.4. The van der Waals surface area contributed by atoms with Crippen molar-refractivity contribution in [3.05, 3.63) is 27.8 Å². The van der Waals surface area contributed by atoms with Gasteiger partial charge in [0.15, 0.2) is 0 Å². The van der Waals surface area contributed by atoms with Gasteiger partial charge in [-0.2, -0.15) is 0 Å². The molecule has 0 aliphatic rings. The van der Waals surface area contributed by atoms with E-state index in [0.29, 0.717) is 12.0 Å². The Morgan fingerprint density at radius 1 is 1.39 bits per heavy atom. The first-order valence-corrected chi connectivity index (χ1v) is 7.51. The van der Waals surface area contributed by atoms with E-state index in [-0.39, 0.29) is 22.9 Å². The third-order valence-electron chi connectivity index (χ3n) is 2.29. The van der Waals surface area contributed by atoms with Crippen LogP contribution in [0.3, 0.4) is 0 Å². The number of rotatable bonds is 5. The van der Waals surface area contributed by atoms with Crippen molar-refractivity contribution in [1.29, 1.82) is 0 Å². The van der Waals surface area contributed by atoms with E-state index >= 15 is 0 Å². The molecule has 0 spiro atoms. The summed E-state index contributed by atoms with van der Waals surface area (Å²) < 4.78 is 27.9. The number of nitrogens with zero attached hydrogens (tertiary/aromatic N) is 1. The van der Waals surface area contributed by atoms with E-state index in [4.69, 9.17) is 15.4 Å². The maximum Gasteiger partial charge on any atom is 0.274 e. The monoisotopic (exact) mass is 293 g/mol. The predicted octanol–water partition coefficient (Wildman–Crippen LogP) is 2.48. The van der Waals surface area contributed by atoms with Gasteiger partial charge in [-0.15, -0.1) is 0 Å². The molecular weight excluding hydrogens is 282 g/mol. The smallest absolute Gasteiger partial charge is 0.274 e. The second-order valence-corrected chi connectivity index (χ2v) is 5.94. The van der Waals surface area contributed by atoms with E-state index in [1.807, 2.05) is 0 Å². The number of halogens is 1. The summed E-state index contributed by atoms with van der Waals surface area (Å²) in [4.78, 5) is 9.84. The molecule has 0 atom stereocenters. The quantitative estimate of drug-likeness (QED) is 0.473.